The zero-order valence-electron chi connectivity index (χ0n) is 14.3. The number of benzene rings is 1. The maximum atomic E-state index is 12.5. The van der Waals surface area contributed by atoms with Crippen molar-refractivity contribution in [2.45, 2.75) is 56.4 Å². The SMILES string of the molecule is Cc1c(Cl)cccc1S(=O)(=O)NCC1CCN(C2CCCC2)CC1. The van der Waals surface area contributed by atoms with Gasteiger partial charge in [-0.1, -0.05) is 30.5 Å². The second-order valence-electron chi connectivity index (χ2n) is 7.13. The summed E-state index contributed by atoms with van der Waals surface area (Å²) in [5.74, 6) is 0.428. The number of hydrogen-bond donors (Lipinski definition) is 1. The Kier molecular flexibility index (Phi) is 5.85. The molecule has 134 valence electrons. The van der Waals surface area contributed by atoms with Crippen molar-refractivity contribution in [3.05, 3.63) is 28.8 Å². The Morgan fingerprint density at radius 2 is 1.83 bits per heavy atom. The second kappa shape index (κ2) is 7.73. The Bertz CT molecular complexity index is 664. The van der Waals surface area contributed by atoms with Crippen LogP contribution in [0.4, 0.5) is 0 Å². The van der Waals surface area contributed by atoms with Gasteiger partial charge in [-0.15, -0.1) is 0 Å². The number of nitrogens with one attached hydrogen (secondary N) is 1. The number of likely N-dealkylation sites (tertiary alicyclic amines) is 1. The Morgan fingerprint density at radius 1 is 1.17 bits per heavy atom. The van der Waals surface area contributed by atoms with Gasteiger partial charge in [-0.05, 0) is 69.3 Å². The molecule has 0 amide bonds. The highest BCUT2D eigenvalue weighted by atomic mass is 35.5. The van der Waals surface area contributed by atoms with Crippen molar-refractivity contribution in [1.29, 1.82) is 0 Å². The number of nitrogens with zero attached hydrogens (tertiary/aromatic N) is 1. The molecule has 0 spiro atoms. The van der Waals surface area contributed by atoms with E-state index in [1.54, 1.807) is 25.1 Å². The molecular formula is C18H27ClN2O2S. The lowest BCUT2D eigenvalue weighted by molar-refractivity contribution is 0.135. The molecule has 0 radical (unpaired) electrons. The van der Waals surface area contributed by atoms with Crippen LogP contribution in [0.3, 0.4) is 0 Å². The molecule has 2 fully saturated rings. The normalized spacial score (nSPS) is 21.4. The molecule has 1 aliphatic carbocycles. The fourth-order valence-corrected chi connectivity index (χ4v) is 5.59. The van der Waals surface area contributed by atoms with E-state index in [1.165, 1.54) is 25.7 Å². The predicted molar refractivity (Wildman–Crippen MR) is 97.9 cm³/mol. The molecule has 1 N–H and O–H groups in total. The molecule has 1 aromatic carbocycles. The maximum absolute atomic E-state index is 12.5. The Morgan fingerprint density at radius 3 is 2.50 bits per heavy atom. The standard InChI is InChI=1S/C18H27ClN2O2S/c1-14-17(19)7-4-8-18(14)24(22,23)20-13-15-9-11-21(12-10-15)16-5-2-3-6-16/h4,7-8,15-16,20H,2-3,5-6,9-13H2,1H3. The summed E-state index contributed by atoms with van der Waals surface area (Å²) in [6.07, 6.45) is 7.56. The molecule has 4 nitrogen and oxygen atoms in total. The van der Waals surface area contributed by atoms with Crippen LogP contribution in [-0.4, -0.2) is 39.0 Å². The topological polar surface area (TPSA) is 49.4 Å². The summed E-state index contributed by atoms with van der Waals surface area (Å²) < 4.78 is 27.9. The third-order valence-corrected chi connectivity index (χ3v) is 7.54. The number of sulfonamides is 1. The van der Waals surface area contributed by atoms with E-state index < -0.39 is 10.0 Å². The minimum Gasteiger partial charge on any atom is -0.300 e. The largest absolute Gasteiger partial charge is 0.300 e. The molecule has 1 saturated carbocycles. The molecule has 1 heterocycles. The van der Waals surface area contributed by atoms with Crippen molar-refractivity contribution < 1.29 is 8.42 Å². The summed E-state index contributed by atoms with van der Waals surface area (Å²) in [5.41, 5.74) is 0.614. The summed E-state index contributed by atoms with van der Waals surface area (Å²) in [7, 11) is -3.49. The van der Waals surface area contributed by atoms with Crippen molar-refractivity contribution in [2.75, 3.05) is 19.6 Å². The molecule has 1 saturated heterocycles. The van der Waals surface area contributed by atoms with Crippen molar-refractivity contribution in [1.82, 2.24) is 9.62 Å². The average Bonchev–Trinajstić information content (AvgIpc) is 3.10. The van der Waals surface area contributed by atoms with Gasteiger partial charge >= 0.3 is 0 Å². The van der Waals surface area contributed by atoms with E-state index in [0.717, 1.165) is 32.0 Å². The highest BCUT2D eigenvalue weighted by Gasteiger charge is 2.28. The van der Waals surface area contributed by atoms with Gasteiger partial charge in [-0.3, -0.25) is 0 Å². The summed E-state index contributed by atoms with van der Waals surface area (Å²) >= 11 is 6.05. The summed E-state index contributed by atoms with van der Waals surface area (Å²) in [6, 6.07) is 5.79. The van der Waals surface area contributed by atoms with Gasteiger partial charge in [0.05, 0.1) is 4.90 Å². The lowest BCUT2D eigenvalue weighted by Gasteiger charge is -2.36. The van der Waals surface area contributed by atoms with Gasteiger partial charge in [0.2, 0.25) is 10.0 Å². The van der Waals surface area contributed by atoms with Gasteiger partial charge in [-0.25, -0.2) is 13.1 Å². The maximum Gasteiger partial charge on any atom is 0.240 e. The van der Waals surface area contributed by atoms with Crippen molar-refractivity contribution in [2.24, 2.45) is 5.92 Å². The molecular weight excluding hydrogens is 344 g/mol. The van der Waals surface area contributed by atoms with Gasteiger partial charge < -0.3 is 4.90 Å². The quantitative estimate of drug-likeness (QED) is 0.861. The lowest BCUT2D eigenvalue weighted by Crippen LogP contribution is -2.42. The molecule has 3 rings (SSSR count). The summed E-state index contributed by atoms with van der Waals surface area (Å²) in [4.78, 5) is 2.90. The summed E-state index contributed by atoms with van der Waals surface area (Å²) in [5, 5.41) is 0.489. The lowest BCUT2D eigenvalue weighted by atomic mass is 9.96. The minimum absolute atomic E-state index is 0.290. The average molecular weight is 371 g/mol. The third kappa shape index (κ3) is 4.13. The van der Waals surface area contributed by atoms with Crippen LogP contribution in [0.1, 0.15) is 44.1 Å². The molecule has 1 aliphatic heterocycles. The van der Waals surface area contributed by atoms with E-state index in [0.29, 0.717) is 27.9 Å². The number of halogens is 1. The van der Waals surface area contributed by atoms with Gasteiger partial charge in [0.25, 0.3) is 0 Å². The highest BCUT2D eigenvalue weighted by molar-refractivity contribution is 7.89. The van der Waals surface area contributed by atoms with E-state index in [4.69, 9.17) is 11.6 Å². The fraction of sp³-hybridized carbons (Fsp3) is 0.667. The first-order valence-electron chi connectivity index (χ1n) is 8.96. The van der Waals surface area contributed by atoms with Crippen molar-refractivity contribution in [3.63, 3.8) is 0 Å². The zero-order valence-corrected chi connectivity index (χ0v) is 15.9. The second-order valence-corrected chi connectivity index (χ2v) is 9.28. The van der Waals surface area contributed by atoms with Crippen LogP contribution in [0.2, 0.25) is 5.02 Å². The number of piperidine rings is 1. The molecule has 0 aromatic heterocycles. The Balaban J connectivity index is 1.53. The molecule has 1 aromatic rings. The van der Waals surface area contributed by atoms with Crippen molar-refractivity contribution in [3.8, 4) is 0 Å². The van der Waals surface area contributed by atoms with Crippen molar-refractivity contribution >= 4 is 21.6 Å². The zero-order chi connectivity index (χ0) is 17.2. The Labute approximate surface area is 150 Å². The molecule has 0 atom stereocenters. The highest BCUT2D eigenvalue weighted by Crippen LogP contribution is 2.28. The van der Waals surface area contributed by atoms with Crippen LogP contribution >= 0.6 is 11.6 Å². The van der Waals surface area contributed by atoms with Crippen LogP contribution in [0, 0.1) is 12.8 Å². The fourth-order valence-electron chi connectivity index (χ4n) is 3.98. The molecule has 0 bridgehead atoms. The third-order valence-electron chi connectivity index (χ3n) is 5.56. The van der Waals surface area contributed by atoms with Gasteiger partial charge in [-0.2, -0.15) is 0 Å². The molecule has 24 heavy (non-hydrogen) atoms. The van der Waals surface area contributed by atoms with E-state index >= 15 is 0 Å². The van der Waals surface area contributed by atoms with Gasteiger partial charge in [0.1, 0.15) is 0 Å². The monoisotopic (exact) mass is 370 g/mol. The molecule has 0 unspecified atom stereocenters. The first-order chi connectivity index (χ1) is 11.5. The van der Waals surface area contributed by atoms with Crippen LogP contribution in [0.5, 0.6) is 0 Å². The summed E-state index contributed by atoms with van der Waals surface area (Å²) in [6.45, 7) is 4.48. The first kappa shape index (κ1) is 18.2. The number of hydrogen-bond acceptors (Lipinski definition) is 3. The molecule has 2 aliphatic rings. The molecule has 6 heteroatoms. The van der Waals surface area contributed by atoms with Crippen LogP contribution in [-0.2, 0) is 10.0 Å². The van der Waals surface area contributed by atoms with E-state index in [-0.39, 0.29) is 0 Å². The predicted octanol–water partition coefficient (Wildman–Crippen LogP) is 3.58. The Hall–Kier alpha value is -0.620. The smallest absolute Gasteiger partial charge is 0.240 e. The van der Waals surface area contributed by atoms with E-state index in [1.807, 2.05) is 0 Å². The van der Waals surface area contributed by atoms with E-state index in [9.17, 15) is 8.42 Å². The van der Waals surface area contributed by atoms with Crippen LogP contribution < -0.4 is 4.72 Å². The van der Waals surface area contributed by atoms with Gasteiger partial charge in [0.15, 0.2) is 0 Å². The van der Waals surface area contributed by atoms with Gasteiger partial charge in [0, 0.05) is 17.6 Å². The number of rotatable bonds is 5. The van der Waals surface area contributed by atoms with Crippen LogP contribution in [0.15, 0.2) is 23.1 Å². The van der Waals surface area contributed by atoms with E-state index in [2.05, 4.69) is 9.62 Å². The minimum atomic E-state index is -3.49. The van der Waals surface area contributed by atoms with Crippen LogP contribution in [0.25, 0.3) is 0 Å². The first-order valence-corrected chi connectivity index (χ1v) is 10.8.